The molecule has 0 saturated carbocycles. The molecule has 2 aromatic heterocycles. The van der Waals surface area contributed by atoms with E-state index >= 15 is 0 Å². The lowest BCUT2D eigenvalue weighted by atomic mass is 10.0. The van der Waals surface area contributed by atoms with E-state index in [1.165, 1.54) is 10.4 Å². The maximum atomic E-state index is 12.9. The largest absolute Gasteiger partial charge is 0.387 e. The zero-order chi connectivity index (χ0) is 22.9. The molecule has 33 heavy (non-hydrogen) atoms. The number of aliphatic hydroxyl groups excluding tert-OH is 1. The summed E-state index contributed by atoms with van der Waals surface area (Å²) in [6, 6.07) is 10.2. The van der Waals surface area contributed by atoms with Gasteiger partial charge in [0.2, 0.25) is 5.91 Å². The fourth-order valence-corrected chi connectivity index (χ4v) is 6.95. The van der Waals surface area contributed by atoms with Gasteiger partial charge in [-0.3, -0.25) is 9.78 Å². The Balaban J connectivity index is 1.19. The van der Waals surface area contributed by atoms with E-state index in [0.717, 1.165) is 57.4 Å². The summed E-state index contributed by atoms with van der Waals surface area (Å²) in [6.45, 7) is 0. The number of carbonyl (C=O) groups excluding carboxylic acids is 1. The summed E-state index contributed by atoms with van der Waals surface area (Å²) in [5.41, 5.74) is 3.71. The average molecular weight is 592 g/mol. The number of aromatic nitrogens is 2. The van der Waals surface area contributed by atoms with Gasteiger partial charge >= 0.3 is 0 Å². The number of rotatable bonds is 6. The molecule has 1 aromatic carbocycles. The van der Waals surface area contributed by atoms with E-state index in [1.54, 1.807) is 23.7 Å². The van der Waals surface area contributed by atoms with E-state index in [0.29, 0.717) is 6.04 Å². The lowest BCUT2D eigenvalue weighted by molar-refractivity contribution is -0.117. The number of halogens is 2. The number of nitrogens with zero attached hydrogens (tertiary/aromatic N) is 2. The number of nitrogens with one attached hydrogen (secondary N) is 2. The number of fused-ring (bicyclic) bond motifs is 1. The van der Waals surface area contributed by atoms with Crippen molar-refractivity contribution in [1.29, 1.82) is 0 Å². The average Bonchev–Trinajstić information content (AvgIpc) is 3.51. The minimum Gasteiger partial charge on any atom is -0.387 e. The molecule has 1 aliphatic carbocycles. The fourth-order valence-electron chi connectivity index (χ4n) is 4.79. The molecule has 5 rings (SSSR count). The Morgan fingerprint density at radius 1 is 1.27 bits per heavy atom. The minimum atomic E-state index is -0.553. The summed E-state index contributed by atoms with van der Waals surface area (Å²) >= 11 is 8.67. The summed E-state index contributed by atoms with van der Waals surface area (Å²) in [5, 5.41) is 17.3. The lowest BCUT2D eigenvalue weighted by Crippen LogP contribution is -2.35. The van der Waals surface area contributed by atoms with Crippen molar-refractivity contribution in [3.05, 3.63) is 72.8 Å². The van der Waals surface area contributed by atoms with Crippen LogP contribution in [0.1, 0.15) is 53.0 Å². The Labute approximate surface area is 213 Å². The monoisotopic (exact) mass is 590 g/mol. The Kier molecular flexibility index (Phi) is 6.94. The van der Waals surface area contributed by atoms with Crippen molar-refractivity contribution in [3.63, 3.8) is 0 Å². The second kappa shape index (κ2) is 9.92. The van der Waals surface area contributed by atoms with Crippen LogP contribution in [0.2, 0.25) is 0 Å². The summed E-state index contributed by atoms with van der Waals surface area (Å²) in [6.07, 6.45) is 7.39. The summed E-state index contributed by atoms with van der Waals surface area (Å²) < 4.78 is 1.71. The van der Waals surface area contributed by atoms with Crippen molar-refractivity contribution in [2.75, 3.05) is 5.32 Å². The number of hydrogen-bond acceptors (Lipinski definition) is 6. The van der Waals surface area contributed by atoms with Crippen LogP contribution in [0.15, 0.2) is 51.1 Å². The molecule has 3 heterocycles. The van der Waals surface area contributed by atoms with E-state index in [4.69, 9.17) is 0 Å². The van der Waals surface area contributed by atoms with Gasteiger partial charge in [-0.15, -0.1) is 11.3 Å². The molecular formula is C24H24Br2N4O2S. The van der Waals surface area contributed by atoms with Crippen molar-refractivity contribution >= 4 is 54.8 Å². The first-order valence-corrected chi connectivity index (χ1v) is 13.5. The molecule has 1 amide bonds. The second-order valence-corrected chi connectivity index (χ2v) is 11.9. The lowest BCUT2D eigenvalue weighted by Gasteiger charge is -2.20. The maximum absolute atomic E-state index is 12.9. The standard InChI is InChI=1S/C24H24Br2N4O2S/c25-17-11-13(10-15-4-7-19(28-15)22(31)14-2-1-9-27-12-14)3-6-18(17)29-23(32)16-5-8-20-21(16)30-24(26)33-20/h1-3,6,9,11-12,15-16,19,22,28,31H,4-5,7-8,10H2,(H,29,32)/t15-,16+,19+,22+/m0/s1. The Morgan fingerprint density at radius 2 is 2.15 bits per heavy atom. The molecule has 0 spiro atoms. The van der Waals surface area contributed by atoms with Gasteiger partial charge in [-0.1, -0.05) is 12.1 Å². The zero-order valence-electron chi connectivity index (χ0n) is 17.8. The topological polar surface area (TPSA) is 87.1 Å². The second-order valence-electron chi connectivity index (χ2n) is 8.65. The number of amides is 1. The van der Waals surface area contributed by atoms with E-state index in [-0.39, 0.29) is 17.9 Å². The van der Waals surface area contributed by atoms with Crippen molar-refractivity contribution in [3.8, 4) is 0 Å². The van der Waals surface area contributed by atoms with Gasteiger partial charge in [0, 0.05) is 39.4 Å². The molecule has 3 N–H and O–H groups in total. The molecule has 6 nitrogen and oxygen atoms in total. The highest BCUT2D eigenvalue weighted by molar-refractivity contribution is 9.11. The van der Waals surface area contributed by atoms with Crippen LogP contribution in [0.5, 0.6) is 0 Å². The number of benzene rings is 1. The van der Waals surface area contributed by atoms with Crippen LogP contribution in [0.4, 0.5) is 5.69 Å². The van der Waals surface area contributed by atoms with Crippen LogP contribution in [0, 0.1) is 0 Å². The number of hydrogen-bond donors (Lipinski definition) is 3. The van der Waals surface area contributed by atoms with Gasteiger partial charge in [-0.25, -0.2) is 4.98 Å². The smallest absolute Gasteiger partial charge is 0.233 e. The number of aryl methyl sites for hydroxylation is 1. The fraction of sp³-hybridized carbons (Fsp3) is 0.375. The third kappa shape index (κ3) is 5.07. The zero-order valence-corrected chi connectivity index (χ0v) is 21.8. The predicted molar refractivity (Wildman–Crippen MR) is 136 cm³/mol. The molecule has 172 valence electrons. The first-order valence-electron chi connectivity index (χ1n) is 11.1. The van der Waals surface area contributed by atoms with E-state index in [9.17, 15) is 9.90 Å². The molecule has 4 atom stereocenters. The van der Waals surface area contributed by atoms with Gasteiger partial charge in [-0.2, -0.15) is 0 Å². The number of thiazole rings is 1. The molecule has 1 fully saturated rings. The van der Waals surface area contributed by atoms with Crippen LogP contribution >= 0.6 is 43.2 Å². The van der Waals surface area contributed by atoms with E-state index < -0.39 is 6.10 Å². The van der Waals surface area contributed by atoms with Crippen molar-refractivity contribution in [2.45, 2.75) is 56.2 Å². The third-order valence-electron chi connectivity index (χ3n) is 6.46. The van der Waals surface area contributed by atoms with Crippen LogP contribution in [-0.2, 0) is 17.6 Å². The normalized spacial score (nSPS) is 22.8. The molecule has 3 aromatic rings. The van der Waals surface area contributed by atoms with Gasteiger partial charge in [0.25, 0.3) is 0 Å². The van der Waals surface area contributed by atoms with Crippen molar-refractivity contribution < 1.29 is 9.90 Å². The molecule has 9 heteroatoms. The molecule has 1 aliphatic heterocycles. The quantitative estimate of drug-likeness (QED) is 0.370. The highest BCUT2D eigenvalue weighted by atomic mass is 79.9. The van der Waals surface area contributed by atoms with E-state index in [1.807, 2.05) is 18.2 Å². The van der Waals surface area contributed by atoms with Crippen molar-refractivity contribution in [2.24, 2.45) is 0 Å². The van der Waals surface area contributed by atoms with Gasteiger partial charge < -0.3 is 15.7 Å². The Bertz CT molecular complexity index is 1160. The molecule has 2 aliphatic rings. The SMILES string of the molecule is O=C(Nc1ccc(C[C@@H]2CC[C@H]([C@H](O)c3cccnc3)N2)cc1Br)[C@@H]1CCc2sc(Br)nc21. The van der Waals surface area contributed by atoms with Gasteiger partial charge in [-0.05, 0) is 87.7 Å². The summed E-state index contributed by atoms with van der Waals surface area (Å²) in [4.78, 5) is 22.7. The van der Waals surface area contributed by atoms with Gasteiger partial charge in [0.1, 0.15) is 0 Å². The summed E-state index contributed by atoms with van der Waals surface area (Å²) in [7, 11) is 0. The molecule has 0 bridgehead atoms. The molecule has 1 saturated heterocycles. The number of aliphatic hydroxyl groups is 1. The maximum Gasteiger partial charge on any atom is 0.233 e. The molecular weight excluding hydrogens is 568 g/mol. The Hall–Kier alpha value is -1.65. The van der Waals surface area contributed by atoms with Crippen molar-refractivity contribution in [1.82, 2.24) is 15.3 Å². The predicted octanol–water partition coefficient (Wildman–Crippen LogP) is 5.13. The van der Waals surface area contributed by atoms with Gasteiger partial charge in [0.15, 0.2) is 3.92 Å². The third-order valence-corrected chi connectivity index (χ3v) is 8.70. The molecule has 0 radical (unpaired) electrons. The highest BCUT2D eigenvalue weighted by Crippen LogP contribution is 2.39. The van der Waals surface area contributed by atoms with Crippen LogP contribution in [0.25, 0.3) is 0 Å². The minimum absolute atomic E-state index is 0.00955. The number of carbonyl (C=O) groups is 1. The van der Waals surface area contributed by atoms with Crippen LogP contribution in [0.3, 0.4) is 0 Å². The van der Waals surface area contributed by atoms with Gasteiger partial charge in [0.05, 0.1) is 23.4 Å². The van der Waals surface area contributed by atoms with Crippen LogP contribution in [-0.4, -0.2) is 33.1 Å². The Morgan fingerprint density at radius 3 is 2.94 bits per heavy atom. The van der Waals surface area contributed by atoms with Crippen LogP contribution < -0.4 is 10.6 Å². The molecule has 0 unspecified atom stereocenters. The number of anilines is 1. The summed E-state index contributed by atoms with van der Waals surface area (Å²) in [5.74, 6) is -0.204. The highest BCUT2D eigenvalue weighted by Gasteiger charge is 2.33. The first-order chi connectivity index (χ1) is 16.0. The number of pyridine rings is 1. The first kappa shape index (κ1) is 23.1. The van der Waals surface area contributed by atoms with E-state index in [2.05, 4.69) is 64.6 Å².